The Labute approximate surface area is 182 Å². The normalized spacial score (nSPS) is 10.6. The van der Waals surface area contributed by atoms with Gasteiger partial charge in [-0.3, -0.25) is 4.79 Å². The molecule has 0 aliphatic rings. The van der Waals surface area contributed by atoms with E-state index >= 15 is 0 Å². The molecule has 150 valence electrons. The molecule has 0 saturated heterocycles. The van der Waals surface area contributed by atoms with Gasteiger partial charge in [-0.25, -0.2) is 4.98 Å². The van der Waals surface area contributed by atoms with Gasteiger partial charge >= 0.3 is 0 Å². The molecule has 0 bridgehead atoms. The first kappa shape index (κ1) is 19.9. The molecule has 30 heavy (non-hydrogen) atoms. The molecule has 4 aromatic rings. The number of nitrogens with one attached hydrogen (secondary N) is 1. The predicted molar refractivity (Wildman–Crippen MR) is 115 cm³/mol. The van der Waals surface area contributed by atoms with Crippen molar-refractivity contribution < 1.29 is 14.1 Å². The smallest absolute Gasteiger partial charge is 0.261 e. The Bertz CT molecular complexity index is 1210. The first-order chi connectivity index (χ1) is 14.5. The number of anilines is 1. The van der Waals surface area contributed by atoms with Crippen LogP contribution in [0.2, 0.25) is 10.0 Å². The fourth-order valence-electron chi connectivity index (χ4n) is 2.84. The number of amides is 1. The van der Waals surface area contributed by atoms with Gasteiger partial charge in [-0.1, -0.05) is 46.6 Å². The minimum atomic E-state index is -0.419. The monoisotopic (exact) mass is 439 g/mol. The minimum absolute atomic E-state index is 0.238. The van der Waals surface area contributed by atoms with Crippen molar-refractivity contribution in [3.8, 4) is 22.9 Å². The SMILES string of the molecule is Cc1onc(-c2ccccc2Cl)c1C(=O)Nc1cccnc1Oc1ccc(Cl)cc1. The molecule has 2 aromatic heterocycles. The summed E-state index contributed by atoms with van der Waals surface area (Å²) >= 11 is 12.2. The quantitative estimate of drug-likeness (QED) is 0.389. The molecule has 0 spiro atoms. The number of carbonyl (C=O) groups excluding carboxylic acids is 1. The molecule has 2 aromatic carbocycles. The van der Waals surface area contributed by atoms with Gasteiger partial charge in [-0.05, 0) is 49.4 Å². The molecule has 0 radical (unpaired) electrons. The van der Waals surface area contributed by atoms with Crippen molar-refractivity contribution in [3.05, 3.63) is 88.2 Å². The Balaban J connectivity index is 1.64. The van der Waals surface area contributed by atoms with E-state index in [0.717, 1.165) is 0 Å². The molecular formula is C22H15Cl2N3O3. The molecule has 1 N–H and O–H groups in total. The first-order valence-electron chi connectivity index (χ1n) is 8.94. The average molecular weight is 440 g/mol. The number of ether oxygens (including phenoxy) is 1. The molecule has 0 unspecified atom stereocenters. The summed E-state index contributed by atoms with van der Waals surface area (Å²) < 4.78 is 11.1. The number of rotatable bonds is 5. The van der Waals surface area contributed by atoms with E-state index in [1.54, 1.807) is 67.7 Å². The third-order valence-corrected chi connectivity index (χ3v) is 4.85. The van der Waals surface area contributed by atoms with Gasteiger partial charge in [0, 0.05) is 16.8 Å². The van der Waals surface area contributed by atoms with Crippen LogP contribution in [-0.2, 0) is 0 Å². The standard InChI is InChI=1S/C22H15Cl2N3O3/c1-13-19(20(27-30-13)16-5-2-3-6-17(16)24)21(28)26-18-7-4-12-25-22(18)29-15-10-8-14(23)9-11-15/h2-12H,1H3,(H,26,28). The molecule has 2 heterocycles. The second-order valence-electron chi connectivity index (χ2n) is 6.31. The third kappa shape index (κ3) is 4.15. The lowest BCUT2D eigenvalue weighted by molar-refractivity contribution is 0.102. The van der Waals surface area contributed by atoms with Crippen LogP contribution in [0.5, 0.6) is 11.6 Å². The van der Waals surface area contributed by atoms with Gasteiger partial charge in [0.1, 0.15) is 28.5 Å². The topological polar surface area (TPSA) is 77.3 Å². The highest BCUT2D eigenvalue weighted by molar-refractivity contribution is 6.33. The number of pyridine rings is 1. The van der Waals surface area contributed by atoms with E-state index in [4.69, 9.17) is 32.5 Å². The van der Waals surface area contributed by atoms with Crippen molar-refractivity contribution in [1.29, 1.82) is 0 Å². The number of benzene rings is 2. The molecule has 0 aliphatic carbocycles. The zero-order chi connectivity index (χ0) is 21.1. The molecule has 0 atom stereocenters. The fraction of sp³-hybridized carbons (Fsp3) is 0.0455. The number of halogens is 2. The highest BCUT2D eigenvalue weighted by atomic mass is 35.5. The summed E-state index contributed by atoms with van der Waals surface area (Å²) in [5.41, 5.74) is 1.64. The molecule has 8 heteroatoms. The molecule has 0 fully saturated rings. The van der Waals surface area contributed by atoms with E-state index in [-0.39, 0.29) is 11.4 Å². The summed E-state index contributed by atoms with van der Waals surface area (Å²) in [6, 6.07) is 17.3. The van der Waals surface area contributed by atoms with Crippen LogP contribution < -0.4 is 10.1 Å². The number of nitrogens with zero attached hydrogens (tertiary/aromatic N) is 2. The minimum Gasteiger partial charge on any atom is -0.437 e. The zero-order valence-electron chi connectivity index (χ0n) is 15.7. The zero-order valence-corrected chi connectivity index (χ0v) is 17.2. The van der Waals surface area contributed by atoms with Crippen molar-refractivity contribution >= 4 is 34.8 Å². The van der Waals surface area contributed by atoms with E-state index in [9.17, 15) is 4.79 Å². The van der Waals surface area contributed by atoms with Crippen LogP contribution in [-0.4, -0.2) is 16.0 Å². The van der Waals surface area contributed by atoms with Crippen LogP contribution in [0.25, 0.3) is 11.3 Å². The second-order valence-corrected chi connectivity index (χ2v) is 7.15. The van der Waals surface area contributed by atoms with Gasteiger partial charge in [-0.15, -0.1) is 0 Å². The highest BCUT2D eigenvalue weighted by Gasteiger charge is 2.24. The summed E-state index contributed by atoms with van der Waals surface area (Å²) in [6.07, 6.45) is 1.57. The van der Waals surface area contributed by atoms with E-state index < -0.39 is 5.91 Å². The van der Waals surface area contributed by atoms with Crippen LogP contribution in [0, 0.1) is 6.92 Å². The number of aryl methyl sites for hydroxylation is 1. The Hall–Kier alpha value is -3.35. The van der Waals surface area contributed by atoms with Gasteiger partial charge in [0.15, 0.2) is 0 Å². The third-order valence-electron chi connectivity index (χ3n) is 4.27. The van der Waals surface area contributed by atoms with E-state index in [2.05, 4.69) is 15.5 Å². The van der Waals surface area contributed by atoms with Crippen LogP contribution in [0.15, 0.2) is 71.4 Å². The van der Waals surface area contributed by atoms with Gasteiger partial charge in [0.05, 0.1) is 5.02 Å². The molecule has 0 aliphatic heterocycles. The largest absolute Gasteiger partial charge is 0.437 e. The van der Waals surface area contributed by atoms with E-state index in [1.807, 2.05) is 6.07 Å². The number of carbonyl (C=O) groups is 1. The van der Waals surface area contributed by atoms with Crippen LogP contribution >= 0.6 is 23.2 Å². The van der Waals surface area contributed by atoms with Gasteiger partial charge < -0.3 is 14.6 Å². The Morgan fingerprint density at radius 1 is 1.03 bits per heavy atom. The van der Waals surface area contributed by atoms with Crippen molar-refractivity contribution in [3.63, 3.8) is 0 Å². The van der Waals surface area contributed by atoms with Crippen LogP contribution in [0.4, 0.5) is 5.69 Å². The summed E-state index contributed by atoms with van der Waals surface area (Å²) in [5, 5.41) is 7.90. The number of aromatic nitrogens is 2. The maximum atomic E-state index is 13.1. The Morgan fingerprint density at radius 2 is 1.80 bits per heavy atom. The van der Waals surface area contributed by atoms with Gasteiger partial charge in [-0.2, -0.15) is 0 Å². The fourth-order valence-corrected chi connectivity index (χ4v) is 3.19. The predicted octanol–water partition coefficient (Wildman–Crippen LogP) is 6.40. The number of hydrogen-bond donors (Lipinski definition) is 1. The number of hydrogen-bond acceptors (Lipinski definition) is 5. The van der Waals surface area contributed by atoms with Crippen LogP contribution in [0.1, 0.15) is 16.1 Å². The van der Waals surface area contributed by atoms with E-state index in [0.29, 0.717) is 38.5 Å². The molecule has 1 amide bonds. The summed E-state index contributed by atoms with van der Waals surface area (Å²) in [6.45, 7) is 1.66. The lowest BCUT2D eigenvalue weighted by Crippen LogP contribution is -2.14. The lowest BCUT2D eigenvalue weighted by atomic mass is 10.1. The Kier molecular flexibility index (Phi) is 5.70. The van der Waals surface area contributed by atoms with Gasteiger partial charge in [0.25, 0.3) is 5.91 Å². The summed E-state index contributed by atoms with van der Waals surface area (Å²) in [5.74, 6) is 0.720. The maximum absolute atomic E-state index is 13.1. The van der Waals surface area contributed by atoms with Crippen molar-refractivity contribution in [2.45, 2.75) is 6.92 Å². The van der Waals surface area contributed by atoms with Crippen LogP contribution in [0.3, 0.4) is 0 Å². The second kappa shape index (κ2) is 8.57. The molecule has 6 nitrogen and oxygen atoms in total. The summed E-state index contributed by atoms with van der Waals surface area (Å²) in [7, 11) is 0. The first-order valence-corrected chi connectivity index (χ1v) is 9.69. The van der Waals surface area contributed by atoms with Crippen molar-refractivity contribution in [1.82, 2.24) is 10.1 Å². The maximum Gasteiger partial charge on any atom is 0.261 e. The average Bonchev–Trinajstić information content (AvgIpc) is 3.13. The van der Waals surface area contributed by atoms with Gasteiger partial charge in [0.2, 0.25) is 5.88 Å². The lowest BCUT2D eigenvalue weighted by Gasteiger charge is -2.11. The highest BCUT2D eigenvalue weighted by Crippen LogP contribution is 2.33. The van der Waals surface area contributed by atoms with Crippen molar-refractivity contribution in [2.75, 3.05) is 5.32 Å². The van der Waals surface area contributed by atoms with E-state index in [1.165, 1.54) is 0 Å². The summed E-state index contributed by atoms with van der Waals surface area (Å²) in [4.78, 5) is 17.3. The van der Waals surface area contributed by atoms with Crippen molar-refractivity contribution in [2.24, 2.45) is 0 Å². The Morgan fingerprint density at radius 3 is 2.57 bits per heavy atom. The molecular weight excluding hydrogens is 425 g/mol. The molecule has 4 rings (SSSR count). The molecule has 0 saturated carbocycles.